The zero-order valence-corrected chi connectivity index (χ0v) is 11.2. The fourth-order valence-electron chi connectivity index (χ4n) is 1.63. The Hall–Kier alpha value is -0.560. The molecule has 1 heteroatoms. The molecule has 0 bridgehead atoms. The van der Waals surface area contributed by atoms with Crippen LogP contribution in [0.15, 0.2) is 41.4 Å². The summed E-state index contributed by atoms with van der Waals surface area (Å²) in [6.07, 6.45) is 5.46. The SMILES string of the molecule is C=CCC(C)(C)CCc1ccc(Br)cc1. The zero-order valence-electron chi connectivity index (χ0n) is 9.59. The van der Waals surface area contributed by atoms with E-state index in [4.69, 9.17) is 0 Å². The molecule has 0 heterocycles. The van der Waals surface area contributed by atoms with Gasteiger partial charge in [-0.15, -0.1) is 6.58 Å². The van der Waals surface area contributed by atoms with Gasteiger partial charge in [0.2, 0.25) is 0 Å². The lowest BCUT2D eigenvalue weighted by Gasteiger charge is -2.22. The van der Waals surface area contributed by atoms with E-state index >= 15 is 0 Å². The maximum Gasteiger partial charge on any atom is 0.0175 e. The predicted molar refractivity (Wildman–Crippen MR) is 71.1 cm³/mol. The van der Waals surface area contributed by atoms with Crippen LogP contribution < -0.4 is 0 Å². The van der Waals surface area contributed by atoms with Crippen molar-refractivity contribution in [3.05, 3.63) is 47.0 Å². The second-order valence-corrected chi connectivity index (χ2v) is 5.70. The van der Waals surface area contributed by atoms with E-state index in [9.17, 15) is 0 Å². The lowest BCUT2D eigenvalue weighted by atomic mass is 9.83. The maximum atomic E-state index is 3.81. The molecule has 0 amide bonds. The number of halogens is 1. The molecule has 0 N–H and O–H groups in total. The van der Waals surface area contributed by atoms with Crippen molar-refractivity contribution in [3.63, 3.8) is 0 Å². The van der Waals surface area contributed by atoms with Crippen LogP contribution in [0.2, 0.25) is 0 Å². The minimum Gasteiger partial charge on any atom is -0.103 e. The van der Waals surface area contributed by atoms with Crippen molar-refractivity contribution in [2.75, 3.05) is 0 Å². The van der Waals surface area contributed by atoms with E-state index in [2.05, 4.69) is 60.6 Å². The Kier molecular flexibility index (Phi) is 4.59. The molecule has 1 aromatic carbocycles. The summed E-state index contributed by atoms with van der Waals surface area (Å²) < 4.78 is 1.15. The van der Waals surface area contributed by atoms with Crippen LogP contribution in [-0.4, -0.2) is 0 Å². The Morgan fingerprint density at radius 2 is 1.87 bits per heavy atom. The van der Waals surface area contributed by atoms with Gasteiger partial charge in [0.15, 0.2) is 0 Å². The summed E-state index contributed by atoms with van der Waals surface area (Å²) >= 11 is 3.45. The van der Waals surface area contributed by atoms with Crippen molar-refractivity contribution in [2.24, 2.45) is 5.41 Å². The van der Waals surface area contributed by atoms with E-state index in [1.54, 1.807) is 0 Å². The maximum absolute atomic E-state index is 3.81. The molecule has 0 fully saturated rings. The monoisotopic (exact) mass is 266 g/mol. The molecule has 0 spiro atoms. The van der Waals surface area contributed by atoms with Crippen LogP contribution in [0.1, 0.15) is 32.3 Å². The first kappa shape index (κ1) is 12.5. The molecule has 0 aliphatic carbocycles. The van der Waals surface area contributed by atoms with Crippen molar-refractivity contribution < 1.29 is 0 Å². The lowest BCUT2D eigenvalue weighted by Crippen LogP contribution is -2.11. The highest BCUT2D eigenvalue weighted by atomic mass is 79.9. The average Bonchev–Trinajstić information content (AvgIpc) is 2.17. The third-order valence-electron chi connectivity index (χ3n) is 2.70. The first-order chi connectivity index (χ1) is 7.03. The number of benzene rings is 1. The van der Waals surface area contributed by atoms with Crippen LogP contribution in [0, 0.1) is 5.41 Å². The van der Waals surface area contributed by atoms with Crippen molar-refractivity contribution in [3.8, 4) is 0 Å². The molecule has 1 aromatic rings. The molecule has 0 aromatic heterocycles. The van der Waals surface area contributed by atoms with Crippen LogP contribution in [-0.2, 0) is 6.42 Å². The smallest absolute Gasteiger partial charge is 0.0175 e. The van der Waals surface area contributed by atoms with E-state index in [1.807, 2.05) is 6.08 Å². The van der Waals surface area contributed by atoms with Gasteiger partial charge < -0.3 is 0 Å². The van der Waals surface area contributed by atoms with Crippen molar-refractivity contribution in [1.29, 1.82) is 0 Å². The molecule has 0 unspecified atom stereocenters. The summed E-state index contributed by atoms with van der Waals surface area (Å²) in [5.41, 5.74) is 1.78. The minimum atomic E-state index is 0.370. The first-order valence-corrected chi connectivity index (χ1v) is 6.18. The molecule has 15 heavy (non-hydrogen) atoms. The highest BCUT2D eigenvalue weighted by Crippen LogP contribution is 2.27. The number of hydrogen-bond acceptors (Lipinski definition) is 0. The Labute approximate surface area is 102 Å². The number of rotatable bonds is 5. The molecular formula is C14H19Br. The van der Waals surface area contributed by atoms with E-state index in [0.29, 0.717) is 5.41 Å². The molecule has 0 saturated heterocycles. The summed E-state index contributed by atoms with van der Waals surface area (Å²) in [6, 6.07) is 8.59. The van der Waals surface area contributed by atoms with Crippen LogP contribution in [0.25, 0.3) is 0 Å². The van der Waals surface area contributed by atoms with E-state index < -0.39 is 0 Å². The summed E-state index contributed by atoms with van der Waals surface area (Å²) in [5.74, 6) is 0. The molecule has 0 atom stereocenters. The van der Waals surface area contributed by atoms with E-state index in [0.717, 1.165) is 17.3 Å². The molecule has 0 aliphatic rings. The van der Waals surface area contributed by atoms with Gasteiger partial charge in [-0.25, -0.2) is 0 Å². The Morgan fingerprint density at radius 1 is 1.27 bits per heavy atom. The van der Waals surface area contributed by atoms with Gasteiger partial charge in [-0.05, 0) is 42.4 Å². The summed E-state index contributed by atoms with van der Waals surface area (Å²) in [5, 5.41) is 0. The summed E-state index contributed by atoms with van der Waals surface area (Å²) in [6.45, 7) is 8.40. The van der Waals surface area contributed by atoms with Crippen LogP contribution in [0.4, 0.5) is 0 Å². The lowest BCUT2D eigenvalue weighted by molar-refractivity contribution is 0.340. The van der Waals surface area contributed by atoms with Gasteiger partial charge >= 0.3 is 0 Å². The molecule has 0 saturated carbocycles. The van der Waals surface area contributed by atoms with Gasteiger partial charge in [-0.2, -0.15) is 0 Å². The standard InChI is InChI=1S/C14H19Br/c1-4-10-14(2,3)11-9-12-5-7-13(15)8-6-12/h4-8H,1,9-11H2,2-3H3. The Balaban J connectivity index is 2.49. The fourth-order valence-corrected chi connectivity index (χ4v) is 1.89. The van der Waals surface area contributed by atoms with E-state index in [-0.39, 0.29) is 0 Å². The second-order valence-electron chi connectivity index (χ2n) is 4.78. The van der Waals surface area contributed by atoms with Crippen molar-refractivity contribution >= 4 is 15.9 Å². The topological polar surface area (TPSA) is 0 Å². The number of aryl methyl sites for hydroxylation is 1. The van der Waals surface area contributed by atoms with Crippen molar-refractivity contribution in [2.45, 2.75) is 33.1 Å². The molecule has 0 nitrogen and oxygen atoms in total. The van der Waals surface area contributed by atoms with Gasteiger partial charge in [-0.1, -0.05) is 48.0 Å². The highest BCUT2D eigenvalue weighted by Gasteiger charge is 2.15. The number of allylic oxidation sites excluding steroid dienone is 1. The van der Waals surface area contributed by atoms with Gasteiger partial charge in [0.05, 0.1) is 0 Å². The molecule has 82 valence electrons. The quantitative estimate of drug-likeness (QED) is 0.660. The Morgan fingerprint density at radius 3 is 2.40 bits per heavy atom. The fraction of sp³-hybridized carbons (Fsp3) is 0.429. The first-order valence-electron chi connectivity index (χ1n) is 5.39. The predicted octanol–water partition coefficient (Wildman–Crippen LogP) is 4.98. The largest absolute Gasteiger partial charge is 0.103 e. The molecule has 0 radical (unpaired) electrons. The Bertz CT molecular complexity index is 309. The normalized spacial score (nSPS) is 11.4. The summed E-state index contributed by atoms with van der Waals surface area (Å²) in [4.78, 5) is 0. The molecule has 1 rings (SSSR count). The van der Waals surface area contributed by atoms with Gasteiger partial charge in [0.25, 0.3) is 0 Å². The highest BCUT2D eigenvalue weighted by molar-refractivity contribution is 9.10. The van der Waals surface area contributed by atoms with Gasteiger partial charge in [0.1, 0.15) is 0 Å². The van der Waals surface area contributed by atoms with Crippen LogP contribution in [0.3, 0.4) is 0 Å². The van der Waals surface area contributed by atoms with Gasteiger partial charge in [-0.3, -0.25) is 0 Å². The third kappa shape index (κ3) is 4.65. The van der Waals surface area contributed by atoms with Gasteiger partial charge in [0, 0.05) is 4.47 Å². The summed E-state index contributed by atoms with van der Waals surface area (Å²) in [7, 11) is 0. The third-order valence-corrected chi connectivity index (χ3v) is 3.23. The average molecular weight is 267 g/mol. The van der Waals surface area contributed by atoms with Crippen LogP contribution >= 0.6 is 15.9 Å². The zero-order chi connectivity index (χ0) is 11.3. The van der Waals surface area contributed by atoms with Crippen LogP contribution in [0.5, 0.6) is 0 Å². The van der Waals surface area contributed by atoms with E-state index in [1.165, 1.54) is 12.0 Å². The number of hydrogen-bond donors (Lipinski definition) is 0. The molecule has 0 aliphatic heterocycles. The van der Waals surface area contributed by atoms with Crippen molar-refractivity contribution in [1.82, 2.24) is 0 Å². The second kappa shape index (κ2) is 5.50. The minimum absolute atomic E-state index is 0.370. The molecular weight excluding hydrogens is 248 g/mol.